The minimum atomic E-state index is 0.675. The molecule has 0 aliphatic heterocycles. The Morgan fingerprint density at radius 3 is 2.00 bits per heavy atom. The van der Waals surface area contributed by atoms with Gasteiger partial charge >= 0.3 is 0 Å². The number of halogens is 1. The highest BCUT2D eigenvalue weighted by Gasteiger charge is 2.20. The normalized spacial score (nSPS) is 11.0. The summed E-state index contributed by atoms with van der Waals surface area (Å²) in [6.07, 6.45) is 0. The van der Waals surface area contributed by atoms with Gasteiger partial charge in [-0.2, -0.15) is 5.10 Å². The SMILES string of the molecule is Cc1cccc(-c2nn(-c3ccc(C)c(C)c3)c(-c3cccc(C)c3)c2Cl)c1. The molecule has 0 fully saturated rings. The van der Waals surface area contributed by atoms with E-state index in [0.29, 0.717) is 5.02 Å². The third-order valence-corrected chi connectivity index (χ3v) is 5.50. The van der Waals surface area contributed by atoms with Crippen molar-refractivity contribution < 1.29 is 0 Å². The van der Waals surface area contributed by atoms with Crippen molar-refractivity contribution in [2.75, 3.05) is 0 Å². The van der Waals surface area contributed by atoms with E-state index >= 15 is 0 Å². The van der Waals surface area contributed by atoms with Gasteiger partial charge < -0.3 is 0 Å². The summed E-state index contributed by atoms with van der Waals surface area (Å²) in [6.45, 7) is 8.42. The van der Waals surface area contributed by atoms with Crippen LogP contribution in [0.2, 0.25) is 5.02 Å². The molecule has 28 heavy (non-hydrogen) atoms. The molecule has 0 unspecified atom stereocenters. The van der Waals surface area contributed by atoms with Crippen LogP contribution in [0.3, 0.4) is 0 Å². The predicted molar refractivity (Wildman–Crippen MR) is 118 cm³/mol. The molecular weight excluding hydrogens is 364 g/mol. The lowest BCUT2D eigenvalue weighted by Gasteiger charge is -2.10. The summed E-state index contributed by atoms with van der Waals surface area (Å²) in [5.74, 6) is 0. The minimum Gasteiger partial charge on any atom is -0.231 e. The van der Waals surface area contributed by atoms with E-state index in [2.05, 4.69) is 88.4 Å². The molecule has 2 nitrogen and oxygen atoms in total. The van der Waals surface area contributed by atoms with Crippen LogP contribution in [-0.4, -0.2) is 9.78 Å². The van der Waals surface area contributed by atoms with Gasteiger partial charge in [0.2, 0.25) is 0 Å². The Kier molecular flexibility index (Phi) is 4.82. The fraction of sp³-hybridized carbons (Fsp3) is 0.160. The maximum Gasteiger partial charge on any atom is 0.112 e. The van der Waals surface area contributed by atoms with Crippen molar-refractivity contribution in [2.24, 2.45) is 0 Å². The average Bonchev–Trinajstić information content (AvgIpc) is 3.01. The van der Waals surface area contributed by atoms with Crippen molar-refractivity contribution in [2.45, 2.75) is 27.7 Å². The lowest BCUT2D eigenvalue weighted by atomic mass is 10.1. The molecule has 1 aromatic heterocycles. The van der Waals surface area contributed by atoms with Crippen LogP contribution in [-0.2, 0) is 0 Å². The van der Waals surface area contributed by atoms with E-state index in [1.165, 1.54) is 22.3 Å². The van der Waals surface area contributed by atoms with Gasteiger partial charge in [-0.15, -0.1) is 0 Å². The number of aromatic nitrogens is 2. The molecule has 0 aliphatic rings. The summed E-state index contributed by atoms with van der Waals surface area (Å²) < 4.78 is 1.97. The van der Waals surface area contributed by atoms with Gasteiger partial charge in [-0.25, -0.2) is 4.68 Å². The first-order chi connectivity index (χ1) is 13.4. The topological polar surface area (TPSA) is 17.8 Å². The fourth-order valence-corrected chi connectivity index (χ4v) is 3.80. The standard InChI is InChI=1S/C25H23ClN2/c1-16-7-5-9-20(13-16)24-23(26)25(21-10-6-8-17(2)14-21)28(27-24)22-12-11-18(3)19(4)15-22/h5-15H,1-4H3. The highest BCUT2D eigenvalue weighted by atomic mass is 35.5. The van der Waals surface area contributed by atoms with Crippen LogP contribution in [0.5, 0.6) is 0 Å². The number of hydrogen-bond donors (Lipinski definition) is 0. The molecule has 140 valence electrons. The van der Waals surface area contributed by atoms with Gasteiger partial charge in [0.25, 0.3) is 0 Å². The Morgan fingerprint density at radius 2 is 1.36 bits per heavy atom. The van der Waals surface area contributed by atoms with Crippen molar-refractivity contribution in [3.63, 3.8) is 0 Å². The summed E-state index contributed by atoms with van der Waals surface area (Å²) in [6, 6.07) is 23.1. The number of rotatable bonds is 3. The molecule has 0 saturated carbocycles. The second kappa shape index (κ2) is 7.29. The molecule has 4 aromatic rings. The fourth-order valence-electron chi connectivity index (χ4n) is 3.46. The zero-order valence-electron chi connectivity index (χ0n) is 16.6. The van der Waals surface area contributed by atoms with Crippen LogP contribution < -0.4 is 0 Å². The van der Waals surface area contributed by atoms with Gasteiger partial charge in [0, 0.05) is 11.1 Å². The maximum absolute atomic E-state index is 6.94. The quantitative estimate of drug-likeness (QED) is 0.367. The predicted octanol–water partition coefficient (Wildman–Crippen LogP) is 7.09. The van der Waals surface area contributed by atoms with Crippen LogP contribution in [0.1, 0.15) is 22.3 Å². The van der Waals surface area contributed by atoms with Crippen LogP contribution in [0.4, 0.5) is 0 Å². The minimum absolute atomic E-state index is 0.675. The summed E-state index contributed by atoms with van der Waals surface area (Å²) in [4.78, 5) is 0. The molecule has 3 aromatic carbocycles. The van der Waals surface area contributed by atoms with Crippen molar-refractivity contribution in [1.29, 1.82) is 0 Å². The third kappa shape index (κ3) is 3.36. The number of aryl methyl sites for hydroxylation is 4. The molecule has 0 atom stereocenters. The molecule has 1 heterocycles. The summed E-state index contributed by atoms with van der Waals surface area (Å²) in [5.41, 5.74) is 9.71. The molecular formula is C25H23ClN2. The van der Waals surface area contributed by atoms with E-state index in [1.54, 1.807) is 0 Å². The highest BCUT2D eigenvalue weighted by Crippen LogP contribution is 2.38. The van der Waals surface area contributed by atoms with Gasteiger partial charge in [0.15, 0.2) is 0 Å². The Bertz CT molecular complexity index is 1170. The summed E-state index contributed by atoms with van der Waals surface area (Å²) in [7, 11) is 0. The Labute approximate surface area is 171 Å². The van der Waals surface area contributed by atoms with Crippen LogP contribution in [0, 0.1) is 27.7 Å². The van der Waals surface area contributed by atoms with Crippen molar-refractivity contribution in [1.82, 2.24) is 9.78 Å². The van der Waals surface area contributed by atoms with Crippen molar-refractivity contribution in [3.8, 4) is 28.2 Å². The third-order valence-electron chi connectivity index (χ3n) is 5.15. The molecule has 0 radical (unpaired) electrons. The van der Waals surface area contributed by atoms with Crippen molar-refractivity contribution in [3.05, 3.63) is 94.0 Å². The van der Waals surface area contributed by atoms with E-state index in [9.17, 15) is 0 Å². The van der Waals surface area contributed by atoms with Gasteiger partial charge in [-0.3, -0.25) is 0 Å². The number of nitrogens with zero attached hydrogens (tertiary/aromatic N) is 2. The average molecular weight is 387 g/mol. The van der Waals surface area contributed by atoms with E-state index in [4.69, 9.17) is 16.7 Å². The van der Waals surface area contributed by atoms with Gasteiger partial charge in [0.1, 0.15) is 5.69 Å². The van der Waals surface area contributed by atoms with E-state index in [1.807, 2.05) is 10.7 Å². The zero-order chi connectivity index (χ0) is 19.8. The summed E-state index contributed by atoms with van der Waals surface area (Å²) >= 11 is 6.94. The van der Waals surface area contributed by atoms with Crippen LogP contribution >= 0.6 is 11.6 Å². The first-order valence-electron chi connectivity index (χ1n) is 9.44. The van der Waals surface area contributed by atoms with Gasteiger partial charge in [-0.05, 0) is 63.1 Å². The second-order valence-electron chi connectivity index (χ2n) is 7.43. The largest absolute Gasteiger partial charge is 0.231 e. The molecule has 3 heteroatoms. The number of hydrogen-bond acceptors (Lipinski definition) is 1. The summed E-state index contributed by atoms with van der Waals surface area (Å²) in [5, 5.41) is 5.63. The van der Waals surface area contributed by atoms with E-state index in [-0.39, 0.29) is 0 Å². The Balaban J connectivity index is 2.00. The molecule has 0 saturated heterocycles. The molecule has 0 amide bonds. The lowest BCUT2D eigenvalue weighted by Crippen LogP contribution is -2.00. The first kappa shape index (κ1) is 18.5. The molecule has 0 spiro atoms. The monoisotopic (exact) mass is 386 g/mol. The Hall–Kier alpha value is -2.84. The zero-order valence-corrected chi connectivity index (χ0v) is 17.4. The van der Waals surface area contributed by atoms with Crippen LogP contribution in [0.25, 0.3) is 28.2 Å². The maximum atomic E-state index is 6.94. The van der Waals surface area contributed by atoms with E-state index in [0.717, 1.165) is 28.2 Å². The number of benzene rings is 3. The molecule has 0 bridgehead atoms. The van der Waals surface area contributed by atoms with Crippen molar-refractivity contribution >= 4 is 11.6 Å². The first-order valence-corrected chi connectivity index (χ1v) is 9.82. The molecule has 0 aliphatic carbocycles. The Morgan fingerprint density at radius 1 is 0.714 bits per heavy atom. The second-order valence-corrected chi connectivity index (χ2v) is 7.81. The highest BCUT2D eigenvalue weighted by molar-refractivity contribution is 6.35. The molecule has 4 rings (SSSR count). The van der Waals surface area contributed by atoms with E-state index < -0.39 is 0 Å². The smallest absolute Gasteiger partial charge is 0.112 e. The van der Waals surface area contributed by atoms with Gasteiger partial charge in [0.05, 0.1) is 16.4 Å². The molecule has 0 N–H and O–H groups in total. The van der Waals surface area contributed by atoms with Crippen LogP contribution in [0.15, 0.2) is 66.7 Å². The lowest BCUT2D eigenvalue weighted by molar-refractivity contribution is 0.889. The van der Waals surface area contributed by atoms with Gasteiger partial charge in [-0.1, -0.05) is 65.2 Å².